The summed E-state index contributed by atoms with van der Waals surface area (Å²) in [6, 6.07) is 11.2. The van der Waals surface area contributed by atoms with Crippen LogP contribution in [0.25, 0.3) is 11.6 Å². The number of likely N-dealkylation sites (N-methyl/N-ethyl adjacent to an activating group) is 1. The molecule has 1 aliphatic heterocycles. The highest BCUT2D eigenvalue weighted by molar-refractivity contribution is 7.99. The molecule has 3 heterocycles. The molecule has 0 unspecified atom stereocenters. The minimum absolute atomic E-state index is 0.0185. The van der Waals surface area contributed by atoms with Crippen molar-refractivity contribution in [1.82, 2.24) is 19.7 Å². The Kier molecular flexibility index (Phi) is 5.25. The van der Waals surface area contributed by atoms with E-state index in [9.17, 15) is 4.79 Å². The van der Waals surface area contributed by atoms with E-state index in [1.165, 1.54) is 11.8 Å². The summed E-state index contributed by atoms with van der Waals surface area (Å²) in [6.07, 6.45) is 1.39. The van der Waals surface area contributed by atoms with Crippen molar-refractivity contribution in [2.75, 3.05) is 26.0 Å². The average molecular weight is 400 g/mol. The van der Waals surface area contributed by atoms with Gasteiger partial charge in [0.25, 0.3) is 0 Å². The summed E-state index contributed by atoms with van der Waals surface area (Å²) in [5.41, 5.74) is 0. The Balaban J connectivity index is 1.31. The van der Waals surface area contributed by atoms with Crippen molar-refractivity contribution in [3.63, 3.8) is 0 Å². The van der Waals surface area contributed by atoms with Crippen LogP contribution in [0.15, 0.2) is 52.2 Å². The van der Waals surface area contributed by atoms with E-state index in [1.807, 2.05) is 41.9 Å². The Morgan fingerprint density at radius 2 is 2.07 bits per heavy atom. The maximum atomic E-state index is 12.5. The highest BCUT2D eigenvalue weighted by Crippen LogP contribution is 2.31. The van der Waals surface area contributed by atoms with Crippen LogP contribution in [0.3, 0.4) is 0 Å². The van der Waals surface area contributed by atoms with Gasteiger partial charge in [-0.3, -0.25) is 4.79 Å². The van der Waals surface area contributed by atoms with Gasteiger partial charge in [-0.25, -0.2) is 0 Å². The average Bonchev–Trinajstić information content (AvgIpc) is 3.35. The number of furan rings is 1. The summed E-state index contributed by atoms with van der Waals surface area (Å²) in [7, 11) is 3.61. The predicted octanol–water partition coefficient (Wildman–Crippen LogP) is 2.47. The number of nitrogens with zero attached hydrogens (tertiary/aromatic N) is 4. The van der Waals surface area contributed by atoms with E-state index in [4.69, 9.17) is 13.9 Å². The van der Waals surface area contributed by atoms with Crippen LogP contribution < -0.4 is 9.47 Å². The molecule has 28 heavy (non-hydrogen) atoms. The number of fused-ring (bicyclic) bond motifs is 1. The summed E-state index contributed by atoms with van der Waals surface area (Å²) in [6.45, 7) is 0.863. The first-order valence-electron chi connectivity index (χ1n) is 8.80. The van der Waals surface area contributed by atoms with Gasteiger partial charge in [-0.05, 0) is 24.3 Å². The van der Waals surface area contributed by atoms with Crippen molar-refractivity contribution in [3.8, 4) is 23.1 Å². The van der Waals surface area contributed by atoms with E-state index in [2.05, 4.69) is 10.2 Å². The Morgan fingerprint density at radius 3 is 2.86 bits per heavy atom. The van der Waals surface area contributed by atoms with Crippen LogP contribution in [0.2, 0.25) is 0 Å². The Hall–Kier alpha value is -2.94. The smallest absolute Gasteiger partial charge is 0.232 e. The van der Waals surface area contributed by atoms with E-state index in [1.54, 1.807) is 24.3 Å². The monoisotopic (exact) mass is 400 g/mol. The molecule has 3 aromatic rings. The van der Waals surface area contributed by atoms with Crippen molar-refractivity contribution in [1.29, 1.82) is 0 Å². The lowest BCUT2D eigenvalue weighted by molar-refractivity contribution is -0.128. The molecule has 1 aliphatic rings. The first-order chi connectivity index (χ1) is 13.6. The maximum absolute atomic E-state index is 12.5. The third-order valence-electron chi connectivity index (χ3n) is 4.37. The number of para-hydroxylation sites is 2. The molecule has 1 aromatic carbocycles. The molecule has 0 N–H and O–H groups in total. The number of hydrogen-bond acceptors (Lipinski definition) is 7. The van der Waals surface area contributed by atoms with Gasteiger partial charge >= 0.3 is 0 Å². The van der Waals surface area contributed by atoms with E-state index in [0.29, 0.717) is 35.6 Å². The van der Waals surface area contributed by atoms with Crippen molar-refractivity contribution in [3.05, 3.63) is 42.7 Å². The minimum Gasteiger partial charge on any atom is -0.486 e. The molecular weight excluding hydrogens is 380 g/mol. The van der Waals surface area contributed by atoms with E-state index >= 15 is 0 Å². The molecule has 146 valence electrons. The molecule has 0 radical (unpaired) electrons. The number of aromatic nitrogens is 3. The fourth-order valence-electron chi connectivity index (χ4n) is 2.86. The summed E-state index contributed by atoms with van der Waals surface area (Å²) >= 11 is 1.34. The van der Waals surface area contributed by atoms with Crippen molar-refractivity contribution in [2.24, 2.45) is 7.05 Å². The van der Waals surface area contributed by atoms with Gasteiger partial charge in [-0.1, -0.05) is 23.9 Å². The number of ether oxygens (including phenoxy) is 2. The van der Waals surface area contributed by atoms with E-state index in [0.717, 1.165) is 5.75 Å². The molecular formula is C19H20N4O4S. The second kappa shape index (κ2) is 7.97. The molecule has 2 aromatic heterocycles. The molecule has 4 rings (SSSR count). The lowest BCUT2D eigenvalue weighted by atomic mass is 10.2. The zero-order valence-electron chi connectivity index (χ0n) is 15.6. The first-order valence-corrected chi connectivity index (χ1v) is 9.79. The number of rotatable bonds is 6. The second-order valence-electron chi connectivity index (χ2n) is 6.40. The molecule has 0 saturated heterocycles. The van der Waals surface area contributed by atoms with Gasteiger partial charge < -0.3 is 23.4 Å². The van der Waals surface area contributed by atoms with Crippen LogP contribution in [0.4, 0.5) is 0 Å². The summed E-state index contributed by atoms with van der Waals surface area (Å²) in [4.78, 5) is 14.2. The Morgan fingerprint density at radius 1 is 1.25 bits per heavy atom. The zero-order chi connectivity index (χ0) is 19.5. The number of thioether (sulfide) groups is 1. The summed E-state index contributed by atoms with van der Waals surface area (Å²) in [5, 5.41) is 8.93. The molecule has 8 nitrogen and oxygen atoms in total. The van der Waals surface area contributed by atoms with Gasteiger partial charge in [0.1, 0.15) is 6.61 Å². The molecule has 1 atom stereocenters. The minimum atomic E-state index is -0.200. The van der Waals surface area contributed by atoms with Gasteiger partial charge in [0, 0.05) is 14.1 Å². The molecule has 0 bridgehead atoms. The molecule has 0 aliphatic carbocycles. The number of carbonyl (C=O) groups is 1. The lowest BCUT2D eigenvalue weighted by Gasteiger charge is -2.29. The fourth-order valence-corrected chi connectivity index (χ4v) is 3.71. The molecule has 0 fully saturated rings. The highest BCUT2D eigenvalue weighted by Gasteiger charge is 2.24. The Labute approximate surface area is 166 Å². The van der Waals surface area contributed by atoms with Crippen LogP contribution in [0, 0.1) is 0 Å². The third-order valence-corrected chi connectivity index (χ3v) is 5.38. The van der Waals surface area contributed by atoms with Gasteiger partial charge in [0.15, 0.2) is 34.3 Å². The quantitative estimate of drug-likeness (QED) is 0.588. The Bertz CT molecular complexity index is 957. The van der Waals surface area contributed by atoms with Crippen LogP contribution >= 0.6 is 11.8 Å². The summed E-state index contributed by atoms with van der Waals surface area (Å²) in [5.74, 6) is 2.94. The van der Waals surface area contributed by atoms with Gasteiger partial charge in [-0.15, -0.1) is 10.2 Å². The second-order valence-corrected chi connectivity index (χ2v) is 7.35. The fraction of sp³-hybridized carbons (Fsp3) is 0.316. The zero-order valence-corrected chi connectivity index (χ0v) is 16.4. The highest BCUT2D eigenvalue weighted by atomic mass is 32.2. The molecule has 9 heteroatoms. The van der Waals surface area contributed by atoms with Crippen LogP contribution in [0.1, 0.15) is 0 Å². The van der Waals surface area contributed by atoms with E-state index < -0.39 is 0 Å². The van der Waals surface area contributed by atoms with E-state index in [-0.39, 0.29) is 17.8 Å². The van der Waals surface area contributed by atoms with Gasteiger partial charge in [0.2, 0.25) is 5.91 Å². The topological polar surface area (TPSA) is 82.6 Å². The first kappa shape index (κ1) is 18.4. The maximum Gasteiger partial charge on any atom is 0.232 e. The van der Waals surface area contributed by atoms with Crippen molar-refractivity contribution in [2.45, 2.75) is 11.3 Å². The molecule has 1 amide bonds. The lowest BCUT2D eigenvalue weighted by Crippen LogP contribution is -2.42. The third kappa shape index (κ3) is 3.84. The predicted molar refractivity (Wildman–Crippen MR) is 103 cm³/mol. The number of carbonyl (C=O) groups excluding carboxylic acids is 1. The van der Waals surface area contributed by atoms with Gasteiger partial charge in [-0.2, -0.15) is 0 Å². The molecule has 0 spiro atoms. The van der Waals surface area contributed by atoms with Crippen molar-refractivity contribution >= 4 is 17.7 Å². The van der Waals surface area contributed by atoms with Crippen molar-refractivity contribution < 1.29 is 18.7 Å². The standard InChI is InChI=1S/C19H20N4O4S/c1-22(10-13-11-26-14-6-3-4-7-15(14)27-13)17(24)12-28-19-21-20-18(23(19)2)16-8-5-9-25-16/h3-9,13H,10-12H2,1-2H3/t13-/m0/s1. The largest absolute Gasteiger partial charge is 0.486 e. The number of amides is 1. The van der Waals surface area contributed by atoms with Crippen LogP contribution in [-0.4, -0.2) is 57.6 Å². The summed E-state index contributed by atoms with van der Waals surface area (Å²) < 4.78 is 18.8. The number of hydrogen-bond donors (Lipinski definition) is 0. The SMILES string of the molecule is CN(C[C@H]1COc2ccccc2O1)C(=O)CSc1nnc(-c2ccco2)n1C. The van der Waals surface area contributed by atoms with Crippen LogP contribution in [0.5, 0.6) is 11.5 Å². The number of benzene rings is 1. The normalized spacial score (nSPS) is 15.4. The van der Waals surface area contributed by atoms with Gasteiger partial charge in [0.05, 0.1) is 18.6 Å². The van der Waals surface area contributed by atoms with Crippen LogP contribution in [-0.2, 0) is 11.8 Å². The molecule has 0 saturated carbocycles.